The summed E-state index contributed by atoms with van der Waals surface area (Å²) in [6, 6.07) is 5.93. The number of benzene rings is 1. The molecule has 0 fully saturated rings. The van der Waals surface area contributed by atoms with Crippen LogP contribution in [0.15, 0.2) is 22.7 Å². The summed E-state index contributed by atoms with van der Waals surface area (Å²) in [4.78, 5) is 6.50. The highest BCUT2D eigenvalue weighted by Gasteiger charge is 2.17. The van der Waals surface area contributed by atoms with Gasteiger partial charge in [-0.1, -0.05) is 12.1 Å². The van der Waals surface area contributed by atoms with Crippen LogP contribution in [0.25, 0.3) is 11.5 Å². The van der Waals surface area contributed by atoms with E-state index in [9.17, 15) is 0 Å². The molecule has 0 aliphatic carbocycles. The van der Waals surface area contributed by atoms with Crippen molar-refractivity contribution < 1.29 is 9.26 Å². The zero-order valence-electron chi connectivity index (χ0n) is 10.5. The zero-order valence-corrected chi connectivity index (χ0v) is 10.5. The van der Waals surface area contributed by atoms with Gasteiger partial charge in [-0.2, -0.15) is 4.98 Å². The van der Waals surface area contributed by atoms with Crippen molar-refractivity contribution in [1.29, 1.82) is 0 Å². The first kappa shape index (κ1) is 11.1. The number of rotatable bonds is 2. The Bertz CT molecular complexity index is 565. The summed E-state index contributed by atoms with van der Waals surface area (Å²) in [5.74, 6) is 2.20. The van der Waals surface area contributed by atoms with Gasteiger partial charge in [-0.25, -0.2) is 0 Å². The lowest BCUT2D eigenvalue weighted by Gasteiger charge is -2.27. The van der Waals surface area contributed by atoms with Gasteiger partial charge in [0.15, 0.2) is 5.82 Å². The highest BCUT2D eigenvalue weighted by Crippen LogP contribution is 2.34. The summed E-state index contributed by atoms with van der Waals surface area (Å²) in [5, 5.41) is 3.91. The largest absolute Gasteiger partial charge is 0.490 e. The Morgan fingerprint density at radius 2 is 2.28 bits per heavy atom. The van der Waals surface area contributed by atoms with Gasteiger partial charge in [-0.3, -0.25) is 0 Å². The van der Waals surface area contributed by atoms with Gasteiger partial charge in [0.25, 0.3) is 5.89 Å². The van der Waals surface area contributed by atoms with Gasteiger partial charge in [0.05, 0.1) is 12.2 Å². The van der Waals surface area contributed by atoms with Crippen molar-refractivity contribution >= 4 is 5.69 Å². The molecule has 94 valence electrons. The lowest BCUT2D eigenvalue weighted by molar-refractivity contribution is 0.311. The number of aryl methyl sites for hydroxylation is 1. The van der Waals surface area contributed by atoms with E-state index >= 15 is 0 Å². The van der Waals surface area contributed by atoms with Crippen LogP contribution in [0.5, 0.6) is 5.75 Å². The molecule has 0 atom stereocenters. The molecule has 0 amide bonds. The minimum Gasteiger partial charge on any atom is -0.490 e. The Hall–Kier alpha value is -2.04. The van der Waals surface area contributed by atoms with Gasteiger partial charge in [0.2, 0.25) is 0 Å². The van der Waals surface area contributed by atoms with Gasteiger partial charge in [-0.15, -0.1) is 0 Å². The molecule has 5 heteroatoms. The first-order chi connectivity index (χ1) is 8.78. The summed E-state index contributed by atoms with van der Waals surface area (Å²) in [6.45, 7) is 3.62. The summed E-state index contributed by atoms with van der Waals surface area (Å²) < 4.78 is 10.9. The molecule has 1 aromatic heterocycles. The number of anilines is 1. The smallest absolute Gasteiger partial charge is 0.257 e. The summed E-state index contributed by atoms with van der Waals surface area (Å²) in [7, 11) is 2.05. The molecule has 0 unspecified atom stereocenters. The minimum atomic E-state index is 0.564. The molecule has 1 aliphatic heterocycles. The van der Waals surface area contributed by atoms with E-state index in [-0.39, 0.29) is 0 Å². The second-order valence-electron chi connectivity index (χ2n) is 4.32. The molecule has 0 spiro atoms. The molecule has 0 saturated carbocycles. The molecule has 2 heterocycles. The summed E-state index contributed by atoms with van der Waals surface area (Å²) in [5.41, 5.74) is 1.99. The average molecular weight is 245 g/mol. The number of aromatic nitrogens is 2. The molecular weight excluding hydrogens is 230 g/mol. The number of ether oxygens (including phenoxy) is 1. The van der Waals surface area contributed by atoms with Gasteiger partial charge >= 0.3 is 0 Å². The fourth-order valence-electron chi connectivity index (χ4n) is 2.00. The monoisotopic (exact) mass is 245 g/mol. The quantitative estimate of drug-likeness (QED) is 0.811. The van der Waals surface area contributed by atoms with E-state index in [0.717, 1.165) is 42.4 Å². The molecule has 2 aromatic rings. The Morgan fingerprint density at radius 1 is 1.39 bits per heavy atom. The number of nitrogens with zero attached hydrogens (tertiary/aromatic N) is 3. The van der Waals surface area contributed by atoms with E-state index in [1.54, 1.807) is 0 Å². The maximum atomic E-state index is 5.60. The van der Waals surface area contributed by atoms with Crippen molar-refractivity contribution in [3.8, 4) is 17.2 Å². The fraction of sp³-hybridized carbons (Fsp3) is 0.385. The second-order valence-corrected chi connectivity index (χ2v) is 4.32. The van der Waals surface area contributed by atoms with E-state index < -0.39 is 0 Å². The van der Waals surface area contributed by atoms with Crippen molar-refractivity contribution in [3.05, 3.63) is 24.0 Å². The van der Waals surface area contributed by atoms with Gasteiger partial charge in [0, 0.05) is 19.0 Å². The molecule has 3 rings (SSSR count). The highest BCUT2D eigenvalue weighted by molar-refractivity contribution is 5.69. The maximum absolute atomic E-state index is 5.60. The van der Waals surface area contributed by atoms with Crippen molar-refractivity contribution in [3.63, 3.8) is 0 Å². The van der Waals surface area contributed by atoms with Crippen LogP contribution in [0, 0.1) is 0 Å². The van der Waals surface area contributed by atoms with Crippen molar-refractivity contribution in [2.45, 2.75) is 13.3 Å². The first-order valence-corrected chi connectivity index (χ1v) is 6.09. The number of hydrogen-bond donors (Lipinski definition) is 0. The van der Waals surface area contributed by atoms with E-state index in [0.29, 0.717) is 5.89 Å². The van der Waals surface area contributed by atoms with Crippen LogP contribution in [0.2, 0.25) is 0 Å². The summed E-state index contributed by atoms with van der Waals surface area (Å²) >= 11 is 0. The highest BCUT2D eigenvalue weighted by atomic mass is 16.5. The molecule has 1 aromatic carbocycles. The molecule has 0 saturated heterocycles. The average Bonchev–Trinajstić information content (AvgIpc) is 2.88. The lowest BCUT2D eigenvalue weighted by Crippen LogP contribution is -2.28. The second kappa shape index (κ2) is 4.33. The molecule has 0 radical (unpaired) electrons. The molecule has 0 N–H and O–H groups in total. The van der Waals surface area contributed by atoms with Gasteiger partial charge in [0.1, 0.15) is 12.4 Å². The third kappa shape index (κ3) is 1.81. The molecule has 18 heavy (non-hydrogen) atoms. The van der Waals surface area contributed by atoms with Crippen LogP contribution < -0.4 is 9.64 Å². The van der Waals surface area contributed by atoms with Crippen LogP contribution in [-0.2, 0) is 6.42 Å². The first-order valence-electron chi connectivity index (χ1n) is 6.09. The van der Waals surface area contributed by atoms with E-state index in [2.05, 4.69) is 22.1 Å². The van der Waals surface area contributed by atoms with Gasteiger partial charge < -0.3 is 14.2 Å². The fourth-order valence-corrected chi connectivity index (χ4v) is 2.00. The molecular formula is C13H15N3O2. The normalized spacial score (nSPS) is 14.2. The predicted octanol–water partition coefficient (Wildman–Crippen LogP) is 2.13. The third-order valence-electron chi connectivity index (χ3n) is 3.09. The lowest BCUT2D eigenvalue weighted by atomic mass is 10.1. The van der Waals surface area contributed by atoms with E-state index in [1.165, 1.54) is 0 Å². The Kier molecular flexibility index (Phi) is 2.66. The van der Waals surface area contributed by atoms with Crippen LogP contribution in [0.3, 0.4) is 0 Å². The molecule has 5 nitrogen and oxygen atoms in total. The van der Waals surface area contributed by atoms with Crippen LogP contribution in [0.4, 0.5) is 5.69 Å². The Morgan fingerprint density at radius 3 is 3.06 bits per heavy atom. The maximum Gasteiger partial charge on any atom is 0.257 e. The topological polar surface area (TPSA) is 51.4 Å². The molecule has 0 bridgehead atoms. The number of likely N-dealkylation sites (N-methyl/N-ethyl adjacent to an activating group) is 1. The van der Waals surface area contributed by atoms with Crippen LogP contribution >= 0.6 is 0 Å². The number of fused-ring (bicyclic) bond motifs is 1. The molecule has 1 aliphatic rings. The third-order valence-corrected chi connectivity index (χ3v) is 3.09. The Balaban J connectivity index is 2.00. The Labute approximate surface area is 105 Å². The van der Waals surface area contributed by atoms with E-state index in [4.69, 9.17) is 9.26 Å². The zero-order chi connectivity index (χ0) is 12.5. The standard InChI is InChI=1S/C13H15N3O2/c1-3-12-14-13(18-15-12)9-4-5-11-10(8-9)16(2)6-7-17-11/h4-5,8H,3,6-7H2,1-2H3. The van der Waals surface area contributed by atoms with E-state index in [1.807, 2.05) is 25.1 Å². The van der Waals surface area contributed by atoms with Crippen molar-refractivity contribution in [2.24, 2.45) is 0 Å². The van der Waals surface area contributed by atoms with Crippen molar-refractivity contribution in [1.82, 2.24) is 10.1 Å². The SMILES string of the molecule is CCc1noc(-c2ccc3c(c2)N(C)CCO3)n1. The van der Waals surface area contributed by atoms with Crippen LogP contribution in [-0.4, -0.2) is 30.3 Å². The van der Waals surface area contributed by atoms with Gasteiger partial charge in [-0.05, 0) is 18.2 Å². The number of hydrogen-bond acceptors (Lipinski definition) is 5. The van der Waals surface area contributed by atoms with Crippen molar-refractivity contribution in [2.75, 3.05) is 25.1 Å². The predicted molar refractivity (Wildman–Crippen MR) is 67.9 cm³/mol. The minimum absolute atomic E-state index is 0.564. The summed E-state index contributed by atoms with van der Waals surface area (Å²) in [6.07, 6.45) is 0.775. The van der Waals surface area contributed by atoms with Crippen LogP contribution in [0.1, 0.15) is 12.7 Å².